The molecule has 1 saturated heterocycles. The number of rotatable bonds is 3. The van der Waals surface area contributed by atoms with E-state index in [0.717, 1.165) is 0 Å². The molecule has 0 radical (unpaired) electrons. The first kappa shape index (κ1) is 19.6. The Kier molecular flexibility index (Phi) is 4.95. The van der Waals surface area contributed by atoms with Gasteiger partial charge < -0.3 is 16.0 Å². The Morgan fingerprint density at radius 2 is 1.97 bits per heavy atom. The lowest BCUT2D eigenvalue weighted by Crippen LogP contribution is -2.42. The first-order valence-electron chi connectivity index (χ1n) is 9.54. The Hall–Kier alpha value is -3.74. The fourth-order valence-electron chi connectivity index (χ4n) is 4.09. The summed E-state index contributed by atoms with van der Waals surface area (Å²) in [6.07, 6.45) is 1.05. The first-order valence-corrected chi connectivity index (χ1v) is 9.54. The normalized spacial score (nSPS) is 21.5. The van der Waals surface area contributed by atoms with Crippen LogP contribution >= 0.6 is 0 Å². The van der Waals surface area contributed by atoms with Crippen molar-refractivity contribution in [3.05, 3.63) is 51.6 Å². The van der Waals surface area contributed by atoms with E-state index in [0.29, 0.717) is 25.9 Å². The van der Waals surface area contributed by atoms with Crippen LogP contribution in [0.2, 0.25) is 0 Å². The monoisotopic (exact) mass is 410 g/mol. The van der Waals surface area contributed by atoms with Crippen molar-refractivity contribution in [3.63, 3.8) is 0 Å². The third-order valence-corrected chi connectivity index (χ3v) is 5.69. The minimum atomic E-state index is -1.27. The highest BCUT2D eigenvalue weighted by Crippen LogP contribution is 2.39. The summed E-state index contributed by atoms with van der Waals surface area (Å²) in [7, 11) is 0. The van der Waals surface area contributed by atoms with Crippen LogP contribution in [-0.4, -0.2) is 34.9 Å². The number of fused-ring (bicyclic) bond motifs is 1. The van der Waals surface area contributed by atoms with Gasteiger partial charge in [-0.1, -0.05) is 18.2 Å². The minimum Gasteiger partial charge on any atom is -0.369 e. The number of carbonyl (C=O) groups is 2. The van der Waals surface area contributed by atoms with Crippen LogP contribution in [0.25, 0.3) is 0 Å². The maximum absolute atomic E-state index is 14.5. The molecule has 0 spiro atoms. The Labute approximate surface area is 170 Å². The molecule has 2 atom stereocenters. The van der Waals surface area contributed by atoms with E-state index in [1.807, 2.05) is 6.07 Å². The molecule has 2 amide bonds. The maximum atomic E-state index is 14.5. The van der Waals surface area contributed by atoms with Crippen molar-refractivity contribution in [2.24, 2.45) is 17.6 Å². The van der Waals surface area contributed by atoms with E-state index in [1.165, 1.54) is 18.2 Å². The molecule has 0 bridgehead atoms. The fourth-order valence-corrected chi connectivity index (χ4v) is 4.09. The SMILES string of the molecule is N#CC1C(=O)Nc2nc(N3CCC(C(N)=O)CC3)[nH]c(=O)c2C1c1ccccc1F. The average Bonchev–Trinajstić information content (AvgIpc) is 2.73. The summed E-state index contributed by atoms with van der Waals surface area (Å²) >= 11 is 0. The second kappa shape index (κ2) is 7.59. The van der Waals surface area contributed by atoms with Crippen LogP contribution < -0.4 is 21.5 Å². The lowest BCUT2D eigenvalue weighted by Gasteiger charge is -2.33. The zero-order valence-electron chi connectivity index (χ0n) is 15.9. The zero-order valence-corrected chi connectivity index (χ0v) is 15.9. The molecule has 0 saturated carbocycles. The number of hydrogen-bond acceptors (Lipinski definition) is 6. The van der Waals surface area contributed by atoms with E-state index in [4.69, 9.17) is 5.73 Å². The van der Waals surface area contributed by atoms with Crippen LogP contribution in [0.15, 0.2) is 29.1 Å². The van der Waals surface area contributed by atoms with Gasteiger partial charge >= 0.3 is 0 Å². The van der Waals surface area contributed by atoms with E-state index in [-0.39, 0.29) is 34.7 Å². The molecule has 1 fully saturated rings. The number of piperidine rings is 1. The van der Waals surface area contributed by atoms with Gasteiger partial charge in [-0.05, 0) is 24.5 Å². The predicted octanol–water partition coefficient (Wildman–Crippen LogP) is 0.834. The van der Waals surface area contributed by atoms with E-state index in [2.05, 4.69) is 15.3 Å². The molecule has 2 aliphatic rings. The number of nitrogens with one attached hydrogen (secondary N) is 2. The van der Waals surface area contributed by atoms with Crippen molar-refractivity contribution in [3.8, 4) is 6.07 Å². The zero-order chi connectivity index (χ0) is 21.4. The van der Waals surface area contributed by atoms with Crippen LogP contribution in [0.3, 0.4) is 0 Å². The molecular weight excluding hydrogens is 391 g/mol. The molecule has 2 aliphatic heterocycles. The second-order valence-corrected chi connectivity index (χ2v) is 7.41. The number of carbonyl (C=O) groups excluding carboxylic acids is 2. The molecular formula is C20H19FN6O3. The minimum absolute atomic E-state index is 0.00975. The van der Waals surface area contributed by atoms with Crippen molar-refractivity contribution in [1.29, 1.82) is 5.26 Å². The van der Waals surface area contributed by atoms with Crippen LogP contribution in [0.4, 0.5) is 16.2 Å². The third-order valence-electron chi connectivity index (χ3n) is 5.69. The van der Waals surface area contributed by atoms with Crippen molar-refractivity contribution in [2.75, 3.05) is 23.3 Å². The molecule has 10 heteroatoms. The summed E-state index contributed by atoms with van der Waals surface area (Å²) in [5.74, 6) is -3.94. The van der Waals surface area contributed by atoms with Gasteiger partial charge in [-0.25, -0.2) is 4.39 Å². The Balaban J connectivity index is 1.76. The number of aromatic nitrogens is 2. The van der Waals surface area contributed by atoms with E-state index >= 15 is 0 Å². The van der Waals surface area contributed by atoms with Crippen LogP contribution in [-0.2, 0) is 9.59 Å². The Bertz CT molecular complexity index is 1120. The van der Waals surface area contributed by atoms with Gasteiger partial charge in [0.05, 0.1) is 11.6 Å². The quantitative estimate of drug-likeness (QED) is 0.683. The summed E-state index contributed by atoms with van der Waals surface area (Å²) in [5, 5.41) is 12.0. The van der Waals surface area contributed by atoms with Gasteiger partial charge in [0.15, 0.2) is 0 Å². The number of benzene rings is 1. The number of nitriles is 1. The smallest absolute Gasteiger partial charge is 0.258 e. The topological polar surface area (TPSA) is 145 Å². The number of hydrogen-bond donors (Lipinski definition) is 3. The molecule has 0 aliphatic carbocycles. The van der Waals surface area contributed by atoms with Gasteiger partial charge in [0.1, 0.15) is 17.6 Å². The summed E-state index contributed by atoms with van der Waals surface area (Å²) in [4.78, 5) is 45.7. The average molecular weight is 410 g/mol. The van der Waals surface area contributed by atoms with E-state index < -0.39 is 29.1 Å². The number of halogens is 1. The van der Waals surface area contributed by atoms with Gasteiger partial charge in [0, 0.05) is 24.9 Å². The van der Waals surface area contributed by atoms with Crippen LogP contribution in [0.1, 0.15) is 29.9 Å². The lowest BCUT2D eigenvalue weighted by molar-refractivity contribution is -0.122. The fraction of sp³-hybridized carbons (Fsp3) is 0.350. The summed E-state index contributed by atoms with van der Waals surface area (Å²) < 4.78 is 14.5. The molecule has 3 heterocycles. The molecule has 2 aromatic rings. The summed E-state index contributed by atoms with van der Waals surface area (Å²) in [6, 6.07) is 7.62. The highest BCUT2D eigenvalue weighted by molar-refractivity contribution is 5.98. The number of primary amides is 1. The lowest BCUT2D eigenvalue weighted by atomic mass is 9.79. The number of H-pyrrole nitrogens is 1. The molecule has 2 unspecified atom stereocenters. The van der Waals surface area contributed by atoms with Gasteiger partial charge in [0.25, 0.3) is 5.56 Å². The third kappa shape index (κ3) is 3.28. The number of nitrogens with two attached hydrogens (primary N) is 1. The van der Waals surface area contributed by atoms with Crippen LogP contribution in [0, 0.1) is 29.0 Å². The predicted molar refractivity (Wildman–Crippen MR) is 105 cm³/mol. The number of nitrogens with zero attached hydrogens (tertiary/aromatic N) is 3. The van der Waals surface area contributed by atoms with E-state index in [9.17, 15) is 24.0 Å². The number of amides is 2. The largest absolute Gasteiger partial charge is 0.369 e. The first-order chi connectivity index (χ1) is 14.4. The maximum Gasteiger partial charge on any atom is 0.258 e. The molecule has 4 N–H and O–H groups in total. The van der Waals surface area contributed by atoms with Gasteiger partial charge in [-0.2, -0.15) is 10.2 Å². The van der Waals surface area contributed by atoms with Crippen molar-refractivity contribution < 1.29 is 14.0 Å². The van der Waals surface area contributed by atoms with Gasteiger partial charge in [0.2, 0.25) is 17.8 Å². The molecule has 9 nitrogen and oxygen atoms in total. The highest BCUT2D eigenvalue weighted by Gasteiger charge is 2.41. The molecule has 154 valence electrons. The van der Waals surface area contributed by atoms with Gasteiger partial charge in [-0.3, -0.25) is 19.4 Å². The van der Waals surface area contributed by atoms with Crippen molar-refractivity contribution in [1.82, 2.24) is 9.97 Å². The Morgan fingerprint density at radius 3 is 2.60 bits per heavy atom. The molecule has 1 aromatic heterocycles. The number of aromatic amines is 1. The van der Waals surface area contributed by atoms with Crippen molar-refractivity contribution >= 4 is 23.6 Å². The van der Waals surface area contributed by atoms with Crippen LogP contribution in [0.5, 0.6) is 0 Å². The summed E-state index contributed by atoms with van der Waals surface area (Å²) in [6.45, 7) is 0.918. The highest BCUT2D eigenvalue weighted by atomic mass is 19.1. The van der Waals surface area contributed by atoms with E-state index in [1.54, 1.807) is 11.0 Å². The Morgan fingerprint density at radius 1 is 1.27 bits per heavy atom. The standard InChI is InChI=1S/C20H19FN6O3/c21-13-4-2-1-3-11(13)14-12(9-22)18(29)24-17-15(14)19(30)26-20(25-17)27-7-5-10(6-8-27)16(23)28/h1-4,10,12,14H,5-8H2,(H2,23,28)(H2,24,25,26,29,30). The van der Waals surface area contributed by atoms with Crippen molar-refractivity contribution in [2.45, 2.75) is 18.8 Å². The molecule has 1 aromatic carbocycles. The number of anilines is 2. The second-order valence-electron chi connectivity index (χ2n) is 7.41. The van der Waals surface area contributed by atoms with Gasteiger partial charge in [-0.15, -0.1) is 0 Å². The summed E-state index contributed by atoms with van der Waals surface area (Å²) in [5.41, 5.74) is 4.93. The molecule has 4 rings (SSSR count). The molecule has 30 heavy (non-hydrogen) atoms.